The van der Waals surface area contributed by atoms with E-state index in [1.807, 2.05) is 18.5 Å². The van der Waals surface area contributed by atoms with E-state index in [1.54, 1.807) is 18.3 Å². The Morgan fingerprint density at radius 2 is 2.29 bits per heavy atom. The summed E-state index contributed by atoms with van der Waals surface area (Å²) < 4.78 is 15.2. The Kier molecular flexibility index (Phi) is 4.70. The lowest BCUT2D eigenvalue weighted by molar-refractivity contribution is -0.137. The molecular formula is C15H18FN3O2. The number of nitrogens with one attached hydrogen (secondary N) is 1. The summed E-state index contributed by atoms with van der Waals surface area (Å²) in [6.45, 7) is 2.36. The van der Waals surface area contributed by atoms with Crippen LogP contribution in [0.2, 0.25) is 0 Å². The average molecular weight is 291 g/mol. The van der Waals surface area contributed by atoms with Crippen molar-refractivity contribution in [2.45, 2.75) is 25.9 Å². The number of halogens is 1. The zero-order chi connectivity index (χ0) is 15.4. The molecule has 0 radical (unpaired) electrons. The van der Waals surface area contributed by atoms with Gasteiger partial charge in [0, 0.05) is 25.0 Å². The largest absolute Gasteiger partial charge is 0.481 e. The van der Waals surface area contributed by atoms with Gasteiger partial charge in [-0.15, -0.1) is 0 Å². The third-order valence-electron chi connectivity index (χ3n) is 3.45. The van der Waals surface area contributed by atoms with Crippen molar-refractivity contribution in [2.75, 3.05) is 0 Å². The van der Waals surface area contributed by atoms with Gasteiger partial charge in [0.1, 0.15) is 11.6 Å². The van der Waals surface area contributed by atoms with E-state index in [0.717, 1.165) is 11.5 Å². The summed E-state index contributed by atoms with van der Waals surface area (Å²) in [5.41, 5.74) is 1.63. The minimum Gasteiger partial charge on any atom is -0.481 e. The maximum Gasteiger partial charge on any atom is 0.305 e. The Morgan fingerprint density at radius 3 is 2.86 bits per heavy atom. The summed E-state index contributed by atoms with van der Waals surface area (Å²) in [5.74, 6) is -0.510. The van der Waals surface area contributed by atoms with Crippen molar-refractivity contribution < 1.29 is 14.3 Å². The van der Waals surface area contributed by atoms with Crippen LogP contribution in [-0.4, -0.2) is 20.6 Å². The van der Waals surface area contributed by atoms with Crippen LogP contribution in [0.25, 0.3) is 0 Å². The molecule has 0 fully saturated rings. The molecule has 0 aliphatic heterocycles. The summed E-state index contributed by atoms with van der Waals surface area (Å²) in [5, 5.41) is 12.2. The standard InChI is InChI=1S/C15H18FN3O2/c1-10-8-18-14(19(10)2)9-17-13(7-15(20)21)11-4-3-5-12(16)6-11/h3-6,8,13,17H,7,9H2,1-2H3,(H,20,21). The van der Waals surface area contributed by atoms with Crippen LogP contribution in [0, 0.1) is 12.7 Å². The molecule has 2 N–H and O–H groups in total. The number of carboxylic acid groups (broad SMARTS) is 1. The number of aliphatic carboxylic acids is 1. The van der Waals surface area contributed by atoms with Gasteiger partial charge < -0.3 is 15.0 Å². The number of hydrogen-bond donors (Lipinski definition) is 2. The first-order chi connectivity index (χ1) is 9.97. The zero-order valence-electron chi connectivity index (χ0n) is 12.0. The van der Waals surface area contributed by atoms with Crippen LogP contribution in [-0.2, 0) is 18.4 Å². The lowest BCUT2D eigenvalue weighted by Crippen LogP contribution is -2.25. The monoisotopic (exact) mass is 291 g/mol. The zero-order valence-corrected chi connectivity index (χ0v) is 12.0. The second-order valence-corrected chi connectivity index (χ2v) is 4.96. The Morgan fingerprint density at radius 1 is 1.52 bits per heavy atom. The fourth-order valence-electron chi connectivity index (χ4n) is 2.13. The second-order valence-electron chi connectivity index (χ2n) is 4.96. The minimum atomic E-state index is -0.937. The van der Waals surface area contributed by atoms with Crippen LogP contribution in [0.15, 0.2) is 30.5 Å². The lowest BCUT2D eigenvalue weighted by Gasteiger charge is -2.17. The highest BCUT2D eigenvalue weighted by atomic mass is 19.1. The van der Waals surface area contributed by atoms with Gasteiger partial charge in [-0.25, -0.2) is 9.37 Å². The first kappa shape index (κ1) is 15.2. The van der Waals surface area contributed by atoms with E-state index in [4.69, 9.17) is 5.11 Å². The molecule has 0 saturated heterocycles. The number of carboxylic acids is 1. The van der Waals surface area contributed by atoms with E-state index in [-0.39, 0.29) is 12.2 Å². The number of carbonyl (C=O) groups is 1. The summed E-state index contributed by atoms with van der Waals surface area (Å²) in [6.07, 6.45) is 1.64. The van der Waals surface area contributed by atoms with Crippen molar-refractivity contribution in [2.24, 2.45) is 7.05 Å². The number of hydrogen-bond acceptors (Lipinski definition) is 3. The predicted molar refractivity (Wildman–Crippen MR) is 76.2 cm³/mol. The van der Waals surface area contributed by atoms with Crippen molar-refractivity contribution in [1.29, 1.82) is 0 Å². The van der Waals surface area contributed by atoms with Crippen molar-refractivity contribution in [3.8, 4) is 0 Å². The van der Waals surface area contributed by atoms with Crippen LogP contribution >= 0.6 is 0 Å². The first-order valence-corrected chi connectivity index (χ1v) is 6.65. The van der Waals surface area contributed by atoms with E-state index in [2.05, 4.69) is 10.3 Å². The fourth-order valence-corrected chi connectivity index (χ4v) is 2.13. The predicted octanol–water partition coefficient (Wildman–Crippen LogP) is 2.17. The van der Waals surface area contributed by atoms with Crippen molar-refractivity contribution in [3.63, 3.8) is 0 Å². The molecule has 6 heteroatoms. The molecule has 0 amide bonds. The SMILES string of the molecule is Cc1cnc(CNC(CC(=O)O)c2cccc(F)c2)n1C. The van der Waals surface area contributed by atoms with Gasteiger partial charge in [0.05, 0.1) is 13.0 Å². The molecule has 2 aromatic rings. The maximum absolute atomic E-state index is 13.3. The topological polar surface area (TPSA) is 67.2 Å². The van der Waals surface area contributed by atoms with E-state index < -0.39 is 12.0 Å². The number of imidazole rings is 1. The smallest absolute Gasteiger partial charge is 0.305 e. The maximum atomic E-state index is 13.3. The molecule has 0 saturated carbocycles. The molecule has 0 spiro atoms. The molecule has 1 heterocycles. The highest BCUT2D eigenvalue weighted by molar-refractivity contribution is 5.67. The normalized spacial score (nSPS) is 12.3. The minimum absolute atomic E-state index is 0.118. The molecule has 1 aromatic heterocycles. The molecule has 1 aromatic carbocycles. The van der Waals surface area contributed by atoms with Crippen LogP contribution in [0.3, 0.4) is 0 Å². The summed E-state index contributed by atoms with van der Waals surface area (Å²) >= 11 is 0. The molecular weight excluding hydrogens is 273 g/mol. The highest BCUT2D eigenvalue weighted by Gasteiger charge is 2.16. The molecule has 5 nitrogen and oxygen atoms in total. The lowest BCUT2D eigenvalue weighted by atomic mass is 10.0. The van der Waals surface area contributed by atoms with Crippen molar-refractivity contribution >= 4 is 5.97 Å². The summed E-state index contributed by atoms with van der Waals surface area (Å²) in [7, 11) is 1.90. The Bertz CT molecular complexity index is 640. The molecule has 1 unspecified atom stereocenters. The Balaban J connectivity index is 2.13. The quantitative estimate of drug-likeness (QED) is 0.856. The first-order valence-electron chi connectivity index (χ1n) is 6.65. The summed E-state index contributed by atoms with van der Waals surface area (Å²) in [4.78, 5) is 15.3. The van der Waals surface area contributed by atoms with Crippen molar-refractivity contribution in [3.05, 3.63) is 53.4 Å². The third-order valence-corrected chi connectivity index (χ3v) is 3.45. The third kappa shape index (κ3) is 3.88. The molecule has 112 valence electrons. The van der Waals surface area contributed by atoms with Gasteiger partial charge in [-0.3, -0.25) is 4.79 Å². The molecule has 1 atom stereocenters. The molecule has 0 bridgehead atoms. The fraction of sp³-hybridized carbons (Fsp3) is 0.333. The van der Waals surface area contributed by atoms with Crippen LogP contribution in [0.4, 0.5) is 4.39 Å². The molecule has 0 aliphatic carbocycles. The van der Waals surface area contributed by atoms with Crippen LogP contribution in [0.5, 0.6) is 0 Å². The Hall–Kier alpha value is -2.21. The number of aromatic nitrogens is 2. The van der Waals surface area contributed by atoms with Gasteiger partial charge in [0.15, 0.2) is 0 Å². The van der Waals surface area contributed by atoms with Crippen LogP contribution < -0.4 is 5.32 Å². The number of rotatable bonds is 6. The summed E-state index contributed by atoms with van der Waals surface area (Å²) in [6, 6.07) is 5.52. The van der Waals surface area contributed by atoms with E-state index in [0.29, 0.717) is 12.1 Å². The van der Waals surface area contributed by atoms with E-state index in [9.17, 15) is 9.18 Å². The van der Waals surface area contributed by atoms with Gasteiger partial charge in [0.2, 0.25) is 0 Å². The average Bonchev–Trinajstić information content (AvgIpc) is 2.74. The highest BCUT2D eigenvalue weighted by Crippen LogP contribution is 2.18. The second kappa shape index (κ2) is 6.49. The van der Waals surface area contributed by atoms with E-state index >= 15 is 0 Å². The van der Waals surface area contributed by atoms with Gasteiger partial charge in [-0.05, 0) is 24.6 Å². The number of benzene rings is 1. The molecule has 0 aliphatic rings. The molecule has 21 heavy (non-hydrogen) atoms. The molecule has 2 rings (SSSR count). The van der Waals surface area contributed by atoms with Gasteiger partial charge >= 0.3 is 5.97 Å². The number of aryl methyl sites for hydroxylation is 1. The van der Waals surface area contributed by atoms with Gasteiger partial charge in [0.25, 0.3) is 0 Å². The Labute approximate surface area is 122 Å². The van der Waals surface area contributed by atoms with Gasteiger partial charge in [-0.2, -0.15) is 0 Å². The number of nitrogens with zero attached hydrogens (tertiary/aromatic N) is 2. The van der Waals surface area contributed by atoms with Crippen LogP contribution in [0.1, 0.15) is 29.5 Å². The van der Waals surface area contributed by atoms with E-state index in [1.165, 1.54) is 12.1 Å². The van der Waals surface area contributed by atoms with Gasteiger partial charge in [-0.1, -0.05) is 12.1 Å². The van der Waals surface area contributed by atoms with Crippen molar-refractivity contribution in [1.82, 2.24) is 14.9 Å².